The van der Waals surface area contributed by atoms with Gasteiger partial charge in [0.1, 0.15) is 0 Å². The number of guanidine groups is 1. The lowest BCUT2D eigenvalue weighted by atomic mass is 9.97. The summed E-state index contributed by atoms with van der Waals surface area (Å²) in [4.78, 5) is 15.7. The minimum absolute atomic E-state index is 0.0608. The van der Waals surface area contributed by atoms with Gasteiger partial charge in [-0.3, -0.25) is 4.79 Å². The van der Waals surface area contributed by atoms with Crippen molar-refractivity contribution in [3.63, 3.8) is 0 Å². The lowest BCUT2D eigenvalue weighted by Gasteiger charge is -2.14. The van der Waals surface area contributed by atoms with E-state index in [-0.39, 0.29) is 16.4 Å². The van der Waals surface area contributed by atoms with Crippen LogP contribution in [0.25, 0.3) is 5.57 Å². The Balaban J connectivity index is 3.72. The summed E-state index contributed by atoms with van der Waals surface area (Å²) in [6, 6.07) is 3.01. The van der Waals surface area contributed by atoms with Gasteiger partial charge in [-0.15, -0.1) is 0 Å². The van der Waals surface area contributed by atoms with Crippen LogP contribution < -0.4 is 11.5 Å². The maximum Gasteiger partial charge on any atom is 0.280 e. The van der Waals surface area contributed by atoms with Gasteiger partial charge in [-0.1, -0.05) is 20.4 Å². The number of sulfone groups is 1. The lowest BCUT2D eigenvalue weighted by molar-refractivity contribution is 0.100. The Hall–Kier alpha value is -2.15. The van der Waals surface area contributed by atoms with Crippen molar-refractivity contribution < 1.29 is 13.2 Å². The van der Waals surface area contributed by atoms with Gasteiger partial charge in [0.05, 0.1) is 4.90 Å². The SMILES string of the molecule is C=C(CC)c1cc(CC)c(C(=O)N=C(N)N)cc1S(C)(=O)=O. The molecular formula is C15H21N3O3S. The number of aryl methyl sites for hydroxylation is 1. The van der Waals surface area contributed by atoms with Crippen molar-refractivity contribution in [1.82, 2.24) is 0 Å². The van der Waals surface area contributed by atoms with Crippen LogP contribution in [0, 0.1) is 0 Å². The van der Waals surface area contributed by atoms with Crippen molar-refractivity contribution >= 4 is 27.3 Å². The maximum absolute atomic E-state index is 12.1. The van der Waals surface area contributed by atoms with Gasteiger partial charge in [-0.25, -0.2) is 8.42 Å². The van der Waals surface area contributed by atoms with E-state index in [0.29, 0.717) is 29.5 Å². The standard InChI is InChI=1S/C15H21N3O3S/c1-5-9(3)11-7-10(6-2)12(14(19)18-15(16)17)8-13(11)22(4,20)21/h7-8H,3,5-6H2,1-2,4H3,(H4,16,17,18,19). The summed E-state index contributed by atoms with van der Waals surface area (Å²) < 4.78 is 24.1. The summed E-state index contributed by atoms with van der Waals surface area (Å²) in [6.45, 7) is 7.65. The first kappa shape index (κ1) is 17.9. The van der Waals surface area contributed by atoms with Crippen LogP contribution >= 0.6 is 0 Å². The van der Waals surface area contributed by atoms with Crippen molar-refractivity contribution in [1.29, 1.82) is 0 Å². The number of hydrogen-bond donors (Lipinski definition) is 2. The van der Waals surface area contributed by atoms with Crippen molar-refractivity contribution in [2.45, 2.75) is 31.6 Å². The molecule has 1 amide bonds. The molecule has 0 fully saturated rings. The summed E-state index contributed by atoms with van der Waals surface area (Å²) in [5, 5.41) is 0. The fraction of sp³-hybridized carbons (Fsp3) is 0.333. The molecule has 0 aliphatic heterocycles. The van der Waals surface area contributed by atoms with E-state index >= 15 is 0 Å². The molecule has 1 rings (SSSR count). The third-order valence-electron chi connectivity index (χ3n) is 3.25. The second kappa shape index (κ2) is 6.74. The average Bonchev–Trinajstić information content (AvgIpc) is 2.43. The molecule has 7 heteroatoms. The first-order chi connectivity index (χ1) is 10.1. The Bertz CT molecular complexity index is 746. The Morgan fingerprint density at radius 1 is 1.23 bits per heavy atom. The Morgan fingerprint density at radius 3 is 2.23 bits per heavy atom. The molecule has 0 aliphatic carbocycles. The highest BCUT2D eigenvalue weighted by Crippen LogP contribution is 2.29. The highest BCUT2D eigenvalue weighted by Gasteiger charge is 2.21. The molecule has 0 atom stereocenters. The van der Waals surface area contributed by atoms with Crippen LogP contribution in [-0.2, 0) is 16.3 Å². The highest BCUT2D eigenvalue weighted by atomic mass is 32.2. The summed E-state index contributed by atoms with van der Waals surface area (Å²) in [5.41, 5.74) is 12.5. The van der Waals surface area contributed by atoms with Gasteiger partial charge in [-0.2, -0.15) is 4.99 Å². The molecule has 0 saturated heterocycles. The maximum atomic E-state index is 12.1. The van der Waals surface area contributed by atoms with Crippen LogP contribution in [0.1, 0.15) is 41.8 Å². The van der Waals surface area contributed by atoms with Crippen LogP contribution in [-0.4, -0.2) is 26.5 Å². The van der Waals surface area contributed by atoms with E-state index in [1.54, 1.807) is 6.07 Å². The second-order valence-electron chi connectivity index (χ2n) is 4.93. The molecular weight excluding hydrogens is 302 g/mol. The monoisotopic (exact) mass is 323 g/mol. The lowest BCUT2D eigenvalue weighted by Crippen LogP contribution is -2.24. The van der Waals surface area contributed by atoms with Gasteiger partial charge in [0.25, 0.3) is 5.91 Å². The van der Waals surface area contributed by atoms with Crippen LogP contribution in [0.4, 0.5) is 0 Å². The number of benzene rings is 1. The number of aliphatic imine (C=N–C) groups is 1. The first-order valence-electron chi connectivity index (χ1n) is 6.80. The minimum Gasteiger partial charge on any atom is -0.370 e. The van der Waals surface area contributed by atoms with Gasteiger partial charge in [0, 0.05) is 11.8 Å². The molecule has 0 bridgehead atoms. The second-order valence-corrected chi connectivity index (χ2v) is 6.91. The number of amides is 1. The molecule has 0 radical (unpaired) electrons. The predicted octanol–water partition coefficient (Wildman–Crippen LogP) is 1.49. The number of carbonyl (C=O) groups is 1. The van der Waals surface area contributed by atoms with Gasteiger partial charge in [-0.05, 0) is 41.7 Å². The predicted molar refractivity (Wildman–Crippen MR) is 88.4 cm³/mol. The van der Waals surface area contributed by atoms with Gasteiger partial charge in [0.15, 0.2) is 15.8 Å². The van der Waals surface area contributed by atoms with E-state index in [1.807, 2.05) is 13.8 Å². The highest BCUT2D eigenvalue weighted by molar-refractivity contribution is 7.90. The molecule has 120 valence electrons. The number of hydrogen-bond acceptors (Lipinski definition) is 3. The zero-order chi connectivity index (χ0) is 17.1. The van der Waals surface area contributed by atoms with Crippen LogP contribution in [0.3, 0.4) is 0 Å². The van der Waals surface area contributed by atoms with Gasteiger partial charge >= 0.3 is 0 Å². The third-order valence-corrected chi connectivity index (χ3v) is 4.39. The van der Waals surface area contributed by atoms with Crippen LogP contribution in [0.2, 0.25) is 0 Å². The zero-order valence-corrected chi connectivity index (χ0v) is 13.8. The molecule has 0 saturated carbocycles. The zero-order valence-electron chi connectivity index (χ0n) is 13.0. The van der Waals surface area contributed by atoms with Crippen LogP contribution in [0.15, 0.2) is 28.6 Å². The van der Waals surface area contributed by atoms with E-state index < -0.39 is 15.7 Å². The number of nitrogens with zero attached hydrogens (tertiary/aromatic N) is 1. The van der Waals surface area contributed by atoms with E-state index in [2.05, 4.69) is 11.6 Å². The Labute approximate surface area is 130 Å². The summed E-state index contributed by atoms with van der Waals surface area (Å²) in [6.07, 6.45) is 2.23. The Morgan fingerprint density at radius 2 is 1.82 bits per heavy atom. The topological polar surface area (TPSA) is 116 Å². The van der Waals surface area contributed by atoms with Crippen molar-refractivity contribution in [2.24, 2.45) is 16.5 Å². The number of nitrogens with two attached hydrogens (primary N) is 2. The summed E-state index contributed by atoms with van der Waals surface area (Å²) in [7, 11) is -3.52. The van der Waals surface area contributed by atoms with Gasteiger partial charge in [0.2, 0.25) is 0 Å². The number of rotatable bonds is 5. The molecule has 4 N–H and O–H groups in total. The smallest absolute Gasteiger partial charge is 0.280 e. The molecule has 0 heterocycles. The molecule has 1 aromatic carbocycles. The van der Waals surface area contributed by atoms with Crippen molar-refractivity contribution in [3.05, 3.63) is 35.4 Å². The van der Waals surface area contributed by atoms with Crippen molar-refractivity contribution in [3.8, 4) is 0 Å². The fourth-order valence-corrected chi connectivity index (χ4v) is 3.00. The molecule has 6 nitrogen and oxygen atoms in total. The van der Waals surface area contributed by atoms with E-state index in [1.165, 1.54) is 6.07 Å². The molecule has 22 heavy (non-hydrogen) atoms. The molecule has 0 spiro atoms. The van der Waals surface area contributed by atoms with E-state index in [0.717, 1.165) is 6.26 Å². The normalized spacial score (nSPS) is 11.0. The molecule has 1 aromatic rings. The summed E-state index contributed by atoms with van der Waals surface area (Å²) >= 11 is 0. The van der Waals surface area contributed by atoms with Crippen LogP contribution in [0.5, 0.6) is 0 Å². The molecule has 0 unspecified atom stereocenters. The van der Waals surface area contributed by atoms with E-state index in [9.17, 15) is 13.2 Å². The third kappa shape index (κ3) is 3.94. The Kier molecular flexibility index (Phi) is 5.48. The molecule has 0 aromatic heterocycles. The fourth-order valence-electron chi connectivity index (χ4n) is 2.07. The minimum atomic E-state index is -3.52. The average molecular weight is 323 g/mol. The summed E-state index contributed by atoms with van der Waals surface area (Å²) in [5.74, 6) is -1.02. The quantitative estimate of drug-likeness (QED) is 0.629. The van der Waals surface area contributed by atoms with Gasteiger partial charge < -0.3 is 11.5 Å². The van der Waals surface area contributed by atoms with Crippen molar-refractivity contribution in [2.75, 3.05) is 6.26 Å². The molecule has 0 aliphatic rings. The first-order valence-corrected chi connectivity index (χ1v) is 8.70. The number of allylic oxidation sites excluding steroid dienone is 1. The van der Waals surface area contributed by atoms with E-state index in [4.69, 9.17) is 11.5 Å². The number of carbonyl (C=O) groups excluding carboxylic acids is 1. The largest absolute Gasteiger partial charge is 0.370 e.